The van der Waals surface area contributed by atoms with E-state index in [0.29, 0.717) is 6.32 Å². The molecule has 4 heteroatoms. The first kappa shape index (κ1) is 9.77. The number of methoxy groups -OCH3 is 1. The van der Waals surface area contributed by atoms with Crippen molar-refractivity contribution in [3.05, 3.63) is 30.1 Å². The zero-order valence-electron chi connectivity index (χ0n) is 7.69. The molecule has 0 radical (unpaired) electrons. The van der Waals surface area contributed by atoms with Gasteiger partial charge in [0.2, 0.25) is 0 Å². The van der Waals surface area contributed by atoms with Gasteiger partial charge >= 0.3 is 0 Å². The number of pyridine rings is 1. The highest BCUT2D eigenvalue weighted by molar-refractivity contribution is 6.40. The van der Waals surface area contributed by atoms with Gasteiger partial charge in [-0.1, -0.05) is 6.07 Å². The van der Waals surface area contributed by atoms with E-state index in [0.717, 1.165) is 19.3 Å². The summed E-state index contributed by atoms with van der Waals surface area (Å²) >= 11 is 0. The van der Waals surface area contributed by atoms with E-state index in [4.69, 9.17) is 0 Å². The van der Waals surface area contributed by atoms with E-state index in [-0.39, 0.29) is 5.97 Å². The van der Waals surface area contributed by atoms with Gasteiger partial charge in [0, 0.05) is 18.2 Å². The monoisotopic (exact) mass is 177 g/mol. The molecular formula is C9H12BNO2. The quantitative estimate of drug-likeness (QED) is 0.499. The lowest BCUT2D eigenvalue weighted by atomic mass is 9.70. The van der Waals surface area contributed by atoms with Gasteiger partial charge < -0.3 is 4.74 Å². The summed E-state index contributed by atoms with van der Waals surface area (Å²) < 4.78 is 4.53. The summed E-state index contributed by atoms with van der Waals surface area (Å²) in [5, 5.41) is 0. The maximum absolute atomic E-state index is 10.8. The van der Waals surface area contributed by atoms with E-state index in [1.165, 1.54) is 7.11 Å². The largest absolute Gasteiger partial charge is 0.470 e. The van der Waals surface area contributed by atoms with Crippen molar-refractivity contribution in [2.24, 2.45) is 0 Å². The Morgan fingerprint density at radius 2 is 2.46 bits per heavy atom. The summed E-state index contributed by atoms with van der Waals surface area (Å²) in [5.74, 6) is -0.157. The van der Waals surface area contributed by atoms with E-state index in [1.807, 2.05) is 18.2 Å². The van der Waals surface area contributed by atoms with Crippen LogP contribution in [0.5, 0.6) is 0 Å². The van der Waals surface area contributed by atoms with Crippen molar-refractivity contribution in [1.82, 2.24) is 4.98 Å². The second-order valence-corrected chi connectivity index (χ2v) is 2.75. The lowest BCUT2D eigenvalue weighted by molar-refractivity contribution is -0.137. The van der Waals surface area contributed by atoms with Crippen molar-refractivity contribution in [1.29, 1.82) is 0 Å². The topological polar surface area (TPSA) is 39.2 Å². The number of hydrogen-bond acceptors (Lipinski definition) is 3. The molecule has 0 saturated heterocycles. The van der Waals surface area contributed by atoms with Gasteiger partial charge in [0.15, 0.2) is 0 Å². The Morgan fingerprint density at radius 1 is 1.62 bits per heavy atom. The number of rotatable bonds is 4. The van der Waals surface area contributed by atoms with Crippen molar-refractivity contribution in [2.75, 3.05) is 7.11 Å². The summed E-state index contributed by atoms with van der Waals surface area (Å²) in [5.41, 5.74) is 1.02. The van der Waals surface area contributed by atoms with E-state index in [9.17, 15) is 4.79 Å². The minimum atomic E-state index is -0.157. The Balaban J connectivity index is 2.24. The lowest BCUT2D eigenvalue weighted by Gasteiger charge is -1.97. The van der Waals surface area contributed by atoms with Gasteiger partial charge in [-0.2, -0.15) is 0 Å². The first-order valence-electron chi connectivity index (χ1n) is 4.29. The molecule has 0 atom stereocenters. The molecule has 13 heavy (non-hydrogen) atoms. The van der Waals surface area contributed by atoms with Crippen molar-refractivity contribution in [3.63, 3.8) is 0 Å². The molecule has 1 aromatic heterocycles. The molecule has 0 aliphatic carbocycles. The molecule has 68 valence electrons. The molecule has 0 aromatic carbocycles. The highest BCUT2D eigenvalue weighted by Gasteiger charge is 2.02. The molecule has 0 spiro atoms. The molecule has 0 unspecified atom stereocenters. The fourth-order valence-corrected chi connectivity index (χ4v) is 1.06. The number of carbonyl (C=O) groups is 1. The van der Waals surface area contributed by atoms with Crippen molar-refractivity contribution < 1.29 is 9.53 Å². The van der Waals surface area contributed by atoms with Crippen LogP contribution in [0, 0.1) is 0 Å². The number of carbonyl (C=O) groups excluding carboxylic acids is 1. The van der Waals surface area contributed by atoms with Crippen LogP contribution in [0.15, 0.2) is 24.4 Å². The van der Waals surface area contributed by atoms with Gasteiger partial charge in [-0.25, -0.2) is 0 Å². The second kappa shape index (κ2) is 5.35. The van der Waals surface area contributed by atoms with Crippen LogP contribution in [0.25, 0.3) is 0 Å². The molecular weight excluding hydrogens is 165 g/mol. The summed E-state index contributed by atoms with van der Waals surface area (Å²) in [6.07, 6.45) is 3.05. The molecule has 1 aromatic rings. The molecule has 0 aliphatic rings. The summed E-state index contributed by atoms with van der Waals surface area (Å²) in [6.45, 7) is 0. The lowest BCUT2D eigenvalue weighted by Crippen LogP contribution is -2.07. The molecule has 3 nitrogen and oxygen atoms in total. The minimum absolute atomic E-state index is 0.157. The number of esters is 1. The maximum Gasteiger partial charge on any atom is 0.297 e. The predicted molar refractivity (Wildman–Crippen MR) is 51.9 cm³/mol. The Hall–Kier alpha value is -1.32. The molecule has 0 saturated carbocycles. The van der Waals surface area contributed by atoms with Crippen molar-refractivity contribution in [2.45, 2.75) is 12.6 Å². The molecule has 0 N–H and O–H groups in total. The maximum atomic E-state index is 10.8. The minimum Gasteiger partial charge on any atom is -0.470 e. The zero-order chi connectivity index (χ0) is 9.52. The van der Waals surface area contributed by atoms with Crippen LogP contribution in [0.4, 0.5) is 0 Å². The number of aromatic nitrogens is 1. The molecule has 0 fully saturated rings. The van der Waals surface area contributed by atoms with Crippen molar-refractivity contribution in [3.8, 4) is 0 Å². The Labute approximate surface area is 78.4 Å². The molecule has 1 rings (SSSR count). The molecule has 0 amide bonds. The normalized spacial score (nSPS) is 9.31. The van der Waals surface area contributed by atoms with Crippen LogP contribution in [0.3, 0.4) is 0 Å². The summed E-state index contributed by atoms with van der Waals surface area (Å²) in [6, 6.07) is 5.78. The van der Waals surface area contributed by atoms with Crippen LogP contribution in [0.1, 0.15) is 5.69 Å². The number of nitrogens with zero attached hydrogens (tertiary/aromatic N) is 1. The highest BCUT2D eigenvalue weighted by atomic mass is 16.5. The third kappa shape index (κ3) is 3.74. The van der Waals surface area contributed by atoms with Crippen LogP contribution in [-0.4, -0.2) is 25.3 Å². The Kier molecular flexibility index (Phi) is 4.02. The first-order valence-corrected chi connectivity index (χ1v) is 4.29. The SMILES string of the molecule is COC(=O)CBCc1ccccn1. The van der Waals surface area contributed by atoms with E-state index in [1.54, 1.807) is 6.20 Å². The molecule has 1 heterocycles. The van der Waals surface area contributed by atoms with Crippen LogP contribution in [-0.2, 0) is 15.9 Å². The number of hydrogen-bond donors (Lipinski definition) is 0. The van der Waals surface area contributed by atoms with Gasteiger partial charge in [0.25, 0.3) is 5.97 Å². The highest BCUT2D eigenvalue weighted by Crippen LogP contribution is 1.95. The third-order valence-corrected chi connectivity index (χ3v) is 1.77. The Morgan fingerprint density at radius 3 is 3.08 bits per heavy atom. The average Bonchev–Trinajstić information content (AvgIpc) is 2.19. The molecule has 0 bridgehead atoms. The first-order chi connectivity index (χ1) is 6.33. The van der Waals surface area contributed by atoms with Crippen LogP contribution < -0.4 is 0 Å². The van der Waals surface area contributed by atoms with Gasteiger partial charge in [-0.05, 0) is 18.5 Å². The average molecular weight is 177 g/mol. The Bertz CT molecular complexity index is 264. The zero-order valence-corrected chi connectivity index (χ0v) is 7.69. The van der Waals surface area contributed by atoms with Gasteiger partial charge in [0.05, 0.1) is 7.11 Å². The second-order valence-electron chi connectivity index (χ2n) is 2.75. The number of ether oxygens (including phenoxy) is 1. The third-order valence-electron chi connectivity index (χ3n) is 1.77. The smallest absolute Gasteiger partial charge is 0.297 e. The predicted octanol–water partition coefficient (Wildman–Crippen LogP) is 0.609. The standard InChI is InChI=1S/C9H12BNO2/c1-13-9(12)7-10-6-8-4-2-3-5-11-8/h2-5,10H,6-7H2,1H3. The fraction of sp³-hybridized carbons (Fsp3) is 0.333. The van der Waals surface area contributed by atoms with Crippen LogP contribution in [0.2, 0.25) is 6.32 Å². The molecule has 0 aliphatic heterocycles. The van der Waals surface area contributed by atoms with Gasteiger partial charge in [-0.15, -0.1) is 0 Å². The van der Waals surface area contributed by atoms with E-state index in [2.05, 4.69) is 9.72 Å². The van der Waals surface area contributed by atoms with Gasteiger partial charge in [0.1, 0.15) is 7.28 Å². The van der Waals surface area contributed by atoms with Crippen LogP contribution >= 0.6 is 0 Å². The van der Waals surface area contributed by atoms with Gasteiger partial charge in [-0.3, -0.25) is 9.78 Å². The van der Waals surface area contributed by atoms with E-state index >= 15 is 0 Å². The van der Waals surface area contributed by atoms with E-state index < -0.39 is 0 Å². The van der Waals surface area contributed by atoms with Crippen molar-refractivity contribution >= 4 is 13.2 Å². The fourth-order valence-electron chi connectivity index (χ4n) is 1.06. The summed E-state index contributed by atoms with van der Waals surface area (Å²) in [4.78, 5) is 14.9. The summed E-state index contributed by atoms with van der Waals surface area (Å²) in [7, 11) is 2.20.